The third kappa shape index (κ3) is 11.0. The Morgan fingerprint density at radius 3 is 1.88 bits per heavy atom. The first-order valence-electron chi connectivity index (χ1n) is 13.3. The quantitative estimate of drug-likeness (QED) is 0.232. The summed E-state index contributed by atoms with van der Waals surface area (Å²) in [6.45, 7) is 4.43. The molecule has 0 saturated heterocycles. The van der Waals surface area contributed by atoms with Gasteiger partial charge in [0.15, 0.2) is 5.82 Å². The number of aliphatic carboxylic acids is 1. The highest BCUT2D eigenvalue weighted by Gasteiger charge is 2.17. The minimum atomic E-state index is -0.689. The molecule has 0 aliphatic heterocycles. The lowest BCUT2D eigenvalue weighted by Gasteiger charge is -2.12. The van der Waals surface area contributed by atoms with Crippen LogP contribution in [0.15, 0.2) is 36.7 Å². The second-order valence-electron chi connectivity index (χ2n) is 9.43. The zero-order chi connectivity index (χ0) is 23.7. The molecule has 4 heteroatoms. The maximum Gasteiger partial charge on any atom is 0.306 e. The number of carboxylic acid groups (broad SMARTS) is 1. The second kappa shape index (κ2) is 16.4. The Kier molecular flexibility index (Phi) is 13.4. The molecule has 182 valence electrons. The number of carboxylic acids is 1. The van der Waals surface area contributed by atoms with Crippen LogP contribution in [0.5, 0.6) is 0 Å². The van der Waals surface area contributed by atoms with Gasteiger partial charge in [0.25, 0.3) is 0 Å². The molecule has 1 unspecified atom stereocenters. The van der Waals surface area contributed by atoms with Crippen LogP contribution in [0.2, 0.25) is 0 Å². The van der Waals surface area contributed by atoms with E-state index in [0.717, 1.165) is 42.6 Å². The summed E-state index contributed by atoms with van der Waals surface area (Å²) in [5, 5.41) is 9.56. The molecular weight excluding hydrogens is 408 g/mol. The number of unbranched alkanes of at least 4 members (excludes halogenated alkanes) is 10. The molecule has 0 aliphatic rings. The number of rotatable bonds is 18. The standard InChI is InChI=1S/C29H44N2O2/c1-3-5-7-9-10-11-12-13-15-25-22-30-28(31-23-25)26-19-17-24(18-20-26)21-27(29(32)33)16-14-8-6-4-2/h17-20,22-23,27H,3-16,21H2,1-2H3,(H,32,33). The predicted octanol–water partition coefficient (Wildman–Crippen LogP) is 8.04. The van der Waals surface area contributed by atoms with E-state index >= 15 is 0 Å². The maximum atomic E-state index is 11.6. The third-order valence-electron chi connectivity index (χ3n) is 6.47. The molecule has 33 heavy (non-hydrogen) atoms. The summed E-state index contributed by atoms with van der Waals surface area (Å²) in [6.07, 6.45) is 21.3. The summed E-state index contributed by atoms with van der Waals surface area (Å²) in [6, 6.07) is 8.07. The Bertz CT molecular complexity index is 771. The average molecular weight is 453 g/mol. The zero-order valence-electron chi connectivity index (χ0n) is 20.9. The zero-order valence-corrected chi connectivity index (χ0v) is 20.9. The molecule has 4 nitrogen and oxygen atoms in total. The van der Waals surface area contributed by atoms with Crippen LogP contribution in [-0.2, 0) is 17.6 Å². The van der Waals surface area contributed by atoms with Crippen molar-refractivity contribution in [3.8, 4) is 11.4 Å². The molecule has 2 aromatic rings. The Morgan fingerprint density at radius 1 is 0.758 bits per heavy atom. The van der Waals surface area contributed by atoms with E-state index < -0.39 is 5.97 Å². The molecule has 1 N–H and O–H groups in total. The van der Waals surface area contributed by atoms with Crippen LogP contribution < -0.4 is 0 Å². The Balaban J connectivity index is 1.77. The van der Waals surface area contributed by atoms with Crippen molar-refractivity contribution in [3.63, 3.8) is 0 Å². The minimum absolute atomic E-state index is 0.306. The molecule has 0 bridgehead atoms. The van der Waals surface area contributed by atoms with E-state index in [2.05, 4.69) is 23.8 Å². The molecule has 1 aromatic carbocycles. The molecule has 0 fully saturated rings. The smallest absolute Gasteiger partial charge is 0.306 e. The van der Waals surface area contributed by atoms with E-state index in [1.165, 1.54) is 69.8 Å². The largest absolute Gasteiger partial charge is 0.481 e. The Morgan fingerprint density at radius 2 is 1.30 bits per heavy atom. The highest BCUT2D eigenvalue weighted by molar-refractivity contribution is 5.70. The van der Waals surface area contributed by atoms with Crippen LogP contribution in [0.1, 0.15) is 108 Å². The van der Waals surface area contributed by atoms with Crippen LogP contribution in [0.3, 0.4) is 0 Å². The summed E-state index contributed by atoms with van der Waals surface area (Å²) < 4.78 is 0. The van der Waals surface area contributed by atoms with Gasteiger partial charge in [-0.3, -0.25) is 4.79 Å². The van der Waals surface area contributed by atoms with Gasteiger partial charge in [0.1, 0.15) is 0 Å². The van der Waals surface area contributed by atoms with Gasteiger partial charge < -0.3 is 5.11 Å². The molecule has 0 amide bonds. The number of hydrogen-bond acceptors (Lipinski definition) is 3. The van der Waals surface area contributed by atoms with Crippen LogP contribution in [-0.4, -0.2) is 21.0 Å². The first kappa shape index (κ1) is 27.0. The third-order valence-corrected chi connectivity index (χ3v) is 6.47. The van der Waals surface area contributed by atoms with Gasteiger partial charge in [-0.2, -0.15) is 0 Å². The van der Waals surface area contributed by atoms with Gasteiger partial charge in [0.2, 0.25) is 0 Å². The molecule has 0 radical (unpaired) electrons. The van der Waals surface area contributed by atoms with E-state index in [1.54, 1.807) is 0 Å². The van der Waals surface area contributed by atoms with E-state index in [1.807, 2.05) is 36.7 Å². The van der Waals surface area contributed by atoms with E-state index in [0.29, 0.717) is 6.42 Å². The van der Waals surface area contributed by atoms with Crippen molar-refractivity contribution in [2.45, 2.75) is 110 Å². The van der Waals surface area contributed by atoms with Gasteiger partial charge in [-0.25, -0.2) is 9.97 Å². The highest BCUT2D eigenvalue weighted by Crippen LogP contribution is 2.21. The molecule has 0 aliphatic carbocycles. The topological polar surface area (TPSA) is 63.1 Å². The first-order chi connectivity index (χ1) is 16.1. The summed E-state index contributed by atoms with van der Waals surface area (Å²) in [5.74, 6) is -0.263. The summed E-state index contributed by atoms with van der Waals surface area (Å²) in [4.78, 5) is 20.8. The van der Waals surface area contributed by atoms with Crippen molar-refractivity contribution in [1.29, 1.82) is 0 Å². The van der Waals surface area contributed by atoms with Crippen molar-refractivity contribution >= 4 is 5.97 Å². The molecule has 1 aromatic heterocycles. The predicted molar refractivity (Wildman–Crippen MR) is 137 cm³/mol. The van der Waals surface area contributed by atoms with Gasteiger partial charge in [0, 0.05) is 18.0 Å². The van der Waals surface area contributed by atoms with Gasteiger partial charge in [-0.05, 0) is 36.8 Å². The molecule has 0 spiro atoms. The van der Waals surface area contributed by atoms with E-state index in [9.17, 15) is 9.90 Å². The number of aryl methyl sites for hydroxylation is 1. The van der Waals surface area contributed by atoms with Crippen molar-refractivity contribution in [2.24, 2.45) is 5.92 Å². The fourth-order valence-corrected chi connectivity index (χ4v) is 4.30. The fraction of sp³-hybridized carbons (Fsp3) is 0.621. The fourth-order valence-electron chi connectivity index (χ4n) is 4.30. The normalized spacial score (nSPS) is 12.1. The van der Waals surface area contributed by atoms with Crippen molar-refractivity contribution in [2.75, 3.05) is 0 Å². The molecule has 1 heterocycles. The van der Waals surface area contributed by atoms with Crippen LogP contribution in [0, 0.1) is 5.92 Å². The molecule has 1 atom stereocenters. The Labute approximate surface area is 201 Å². The molecular formula is C29H44N2O2. The van der Waals surface area contributed by atoms with Gasteiger partial charge in [-0.1, -0.05) is 109 Å². The average Bonchev–Trinajstić information content (AvgIpc) is 2.83. The minimum Gasteiger partial charge on any atom is -0.481 e. The second-order valence-corrected chi connectivity index (χ2v) is 9.43. The van der Waals surface area contributed by atoms with E-state index in [4.69, 9.17) is 0 Å². The number of benzene rings is 1. The number of nitrogens with zero attached hydrogens (tertiary/aromatic N) is 2. The number of aromatic nitrogens is 2. The Hall–Kier alpha value is -2.23. The maximum absolute atomic E-state index is 11.6. The first-order valence-corrected chi connectivity index (χ1v) is 13.3. The van der Waals surface area contributed by atoms with Crippen LogP contribution in [0.4, 0.5) is 0 Å². The van der Waals surface area contributed by atoms with Crippen LogP contribution in [0.25, 0.3) is 11.4 Å². The molecule has 0 saturated carbocycles. The lowest BCUT2D eigenvalue weighted by atomic mass is 9.93. The summed E-state index contributed by atoms with van der Waals surface area (Å²) >= 11 is 0. The number of carbonyl (C=O) groups is 1. The summed E-state index contributed by atoms with van der Waals surface area (Å²) in [5.41, 5.74) is 3.24. The lowest BCUT2D eigenvalue weighted by molar-refractivity contribution is -0.142. The van der Waals surface area contributed by atoms with Gasteiger partial charge in [0.05, 0.1) is 5.92 Å². The lowest BCUT2D eigenvalue weighted by Crippen LogP contribution is -2.16. The van der Waals surface area contributed by atoms with Crippen molar-refractivity contribution < 1.29 is 9.90 Å². The SMILES string of the molecule is CCCCCCCCCCc1cnc(-c2ccc(CC(CCCCCC)C(=O)O)cc2)nc1. The van der Waals surface area contributed by atoms with Crippen molar-refractivity contribution in [1.82, 2.24) is 9.97 Å². The van der Waals surface area contributed by atoms with Crippen molar-refractivity contribution in [3.05, 3.63) is 47.8 Å². The van der Waals surface area contributed by atoms with E-state index in [-0.39, 0.29) is 5.92 Å². The molecule has 2 rings (SSSR count). The number of hydrogen-bond donors (Lipinski definition) is 1. The monoisotopic (exact) mass is 452 g/mol. The summed E-state index contributed by atoms with van der Waals surface area (Å²) in [7, 11) is 0. The van der Waals surface area contributed by atoms with Gasteiger partial charge >= 0.3 is 5.97 Å². The van der Waals surface area contributed by atoms with Gasteiger partial charge in [-0.15, -0.1) is 0 Å². The van der Waals surface area contributed by atoms with Crippen LogP contribution >= 0.6 is 0 Å². The highest BCUT2D eigenvalue weighted by atomic mass is 16.4.